The van der Waals surface area contributed by atoms with Crippen molar-refractivity contribution in [2.24, 2.45) is 5.73 Å². The zero-order chi connectivity index (χ0) is 20.7. The van der Waals surface area contributed by atoms with Gasteiger partial charge in [-0.1, -0.05) is 12.1 Å². The first kappa shape index (κ1) is 18.2. The van der Waals surface area contributed by atoms with Crippen LogP contribution in [0.25, 0.3) is 28.2 Å². The summed E-state index contributed by atoms with van der Waals surface area (Å²) in [5.74, 6) is -1.95. The van der Waals surface area contributed by atoms with E-state index in [9.17, 15) is 19.1 Å². The minimum absolute atomic E-state index is 0.0238. The topological polar surface area (TPSA) is 136 Å². The van der Waals surface area contributed by atoms with Gasteiger partial charge in [0.15, 0.2) is 28.7 Å². The Balaban J connectivity index is 2.08. The van der Waals surface area contributed by atoms with Gasteiger partial charge in [-0.15, -0.1) is 0 Å². The van der Waals surface area contributed by atoms with E-state index < -0.39 is 23.2 Å². The van der Waals surface area contributed by atoms with Crippen molar-refractivity contribution in [3.63, 3.8) is 0 Å². The van der Waals surface area contributed by atoms with Gasteiger partial charge < -0.3 is 20.6 Å². The largest absolute Gasteiger partial charge is 0.505 e. The Morgan fingerprint density at radius 2 is 2.00 bits per heavy atom. The SMILES string of the molecule is COc1ccccc1-n1c(=O)[nH]c2c(C(N)=O)nc(-c3ccc(F)c(O)c3)nc21. The van der Waals surface area contributed by atoms with Gasteiger partial charge in [-0.3, -0.25) is 4.79 Å². The van der Waals surface area contributed by atoms with Crippen LogP contribution in [0.15, 0.2) is 47.3 Å². The number of H-pyrrole nitrogens is 1. The van der Waals surface area contributed by atoms with Crippen molar-refractivity contribution < 1.29 is 19.0 Å². The molecule has 0 saturated carbocycles. The van der Waals surface area contributed by atoms with Crippen molar-refractivity contribution in [1.29, 1.82) is 0 Å². The second-order valence-electron chi connectivity index (χ2n) is 6.06. The lowest BCUT2D eigenvalue weighted by Crippen LogP contribution is -2.16. The zero-order valence-electron chi connectivity index (χ0n) is 15.0. The number of amides is 1. The number of carbonyl (C=O) groups excluding carboxylic acids is 1. The number of rotatable bonds is 4. The molecule has 4 N–H and O–H groups in total. The normalized spacial score (nSPS) is 11.0. The standard InChI is InChI=1S/C19H14FN5O4/c1-29-13-5-3-2-4-11(13)25-18-15(23-19(25)28)14(16(21)27)22-17(24-18)9-6-7-10(20)12(26)8-9/h2-8,26H,1H3,(H2,21,27)(H,23,28). The van der Waals surface area contributed by atoms with Crippen LogP contribution in [0.3, 0.4) is 0 Å². The van der Waals surface area contributed by atoms with Gasteiger partial charge in [-0.25, -0.2) is 23.7 Å². The van der Waals surface area contributed by atoms with Gasteiger partial charge >= 0.3 is 5.69 Å². The van der Waals surface area contributed by atoms with Crippen molar-refractivity contribution in [3.8, 4) is 28.6 Å². The zero-order valence-corrected chi connectivity index (χ0v) is 15.0. The molecule has 0 unspecified atom stereocenters. The molecule has 0 spiro atoms. The number of aromatic amines is 1. The molecule has 2 aromatic heterocycles. The number of benzene rings is 2. The maximum Gasteiger partial charge on any atom is 0.332 e. The third-order valence-corrected chi connectivity index (χ3v) is 4.30. The van der Waals surface area contributed by atoms with Gasteiger partial charge in [-0.05, 0) is 30.3 Å². The Labute approximate surface area is 162 Å². The van der Waals surface area contributed by atoms with Crippen molar-refractivity contribution >= 4 is 17.1 Å². The molecular weight excluding hydrogens is 381 g/mol. The van der Waals surface area contributed by atoms with Gasteiger partial charge in [0.05, 0.1) is 12.8 Å². The molecule has 4 aromatic rings. The summed E-state index contributed by atoms with van der Waals surface area (Å²) >= 11 is 0. The summed E-state index contributed by atoms with van der Waals surface area (Å²) in [6.07, 6.45) is 0. The van der Waals surface area contributed by atoms with Crippen LogP contribution in [0.4, 0.5) is 4.39 Å². The smallest absolute Gasteiger partial charge is 0.332 e. The molecule has 29 heavy (non-hydrogen) atoms. The van der Waals surface area contributed by atoms with E-state index in [2.05, 4.69) is 15.0 Å². The summed E-state index contributed by atoms with van der Waals surface area (Å²) in [6.45, 7) is 0. The number of nitrogens with two attached hydrogens (primary N) is 1. The molecule has 0 saturated heterocycles. The summed E-state index contributed by atoms with van der Waals surface area (Å²) in [7, 11) is 1.45. The number of ether oxygens (including phenoxy) is 1. The second-order valence-corrected chi connectivity index (χ2v) is 6.06. The van der Waals surface area contributed by atoms with Crippen molar-refractivity contribution in [2.45, 2.75) is 0 Å². The van der Waals surface area contributed by atoms with Gasteiger partial charge in [0.1, 0.15) is 11.3 Å². The monoisotopic (exact) mass is 395 g/mol. The molecule has 2 aromatic carbocycles. The number of nitrogens with one attached hydrogen (secondary N) is 1. The molecule has 0 aliphatic carbocycles. The first-order chi connectivity index (χ1) is 13.9. The van der Waals surface area contributed by atoms with Crippen LogP contribution in [-0.2, 0) is 0 Å². The van der Waals surface area contributed by atoms with Crippen molar-refractivity contribution in [1.82, 2.24) is 19.5 Å². The number of hydrogen-bond donors (Lipinski definition) is 3. The Kier molecular flexibility index (Phi) is 4.23. The maximum atomic E-state index is 13.4. The first-order valence-electron chi connectivity index (χ1n) is 8.35. The lowest BCUT2D eigenvalue weighted by molar-refractivity contribution is 0.0997. The number of phenols is 1. The Hall–Kier alpha value is -4.21. The highest BCUT2D eigenvalue weighted by atomic mass is 19.1. The predicted molar refractivity (Wildman–Crippen MR) is 102 cm³/mol. The summed E-state index contributed by atoms with van der Waals surface area (Å²) in [5.41, 5.74) is 5.36. The van der Waals surface area contributed by atoms with Gasteiger partial charge in [0, 0.05) is 5.56 Å². The van der Waals surface area contributed by atoms with E-state index in [4.69, 9.17) is 10.5 Å². The molecule has 1 amide bonds. The molecule has 146 valence electrons. The van der Waals surface area contributed by atoms with E-state index in [0.717, 1.165) is 12.1 Å². The molecule has 0 aliphatic heterocycles. The van der Waals surface area contributed by atoms with Crippen LogP contribution in [0, 0.1) is 5.82 Å². The van der Waals surface area contributed by atoms with E-state index in [0.29, 0.717) is 11.4 Å². The van der Waals surface area contributed by atoms with E-state index in [1.165, 1.54) is 17.7 Å². The highest BCUT2D eigenvalue weighted by molar-refractivity contribution is 6.02. The lowest BCUT2D eigenvalue weighted by atomic mass is 10.2. The van der Waals surface area contributed by atoms with Gasteiger partial charge in [-0.2, -0.15) is 0 Å². The van der Waals surface area contributed by atoms with E-state index in [-0.39, 0.29) is 28.2 Å². The minimum atomic E-state index is -0.890. The lowest BCUT2D eigenvalue weighted by Gasteiger charge is -2.10. The minimum Gasteiger partial charge on any atom is -0.505 e. The molecule has 0 atom stereocenters. The number of aromatic hydroxyl groups is 1. The fourth-order valence-corrected chi connectivity index (χ4v) is 2.98. The van der Waals surface area contributed by atoms with Crippen LogP contribution in [0.2, 0.25) is 0 Å². The molecule has 2 heterocycles. The van der Waals surface area contributed by atoms with Crippen LogP contribution in [0.1, 0.15) is 10.5 Å². The Morgan fingerprint density at radius 3 is 2.69 bits per heavy atom. The summed E-state index contributed by atoms with van der Waals surface area (Å²) < 4.78 is 19.9. The summed E-state index contributed by atoms with van der Waals surface area (Å²) in [5, 5.41) is 9.66. The number of phenolic OH excluding ortho intramolecular Hbond substituents is 1. The number of halogens is 1. The number of aromatic nitrogens is 4. The van der Waals surface area contributed by atoms with Crippen LogP contribution in [-0.4, -0.2) is 37.6 Å². The summed E-state index contributed by atoms with van der Waals surface area (Å²) in [6, 6.07) is 10.2. The maximum absolute atomic E-state index is 13.4. The molecule has 0 fully saturated rings. The predicted octanol–water partition coefficient (Wildman–Crippen LogP) is 1.73. The van der Waals surface area contributed by atoms with Gasteiger partial charge in [0.2, 0.25) is 0 Å². The Bertz CT molecular complexity index is 1330. The molecular formula is C19H14FN5O4. The number of para-hydroxylation sites is 2. The number of methoxy groups -OCH3 is 1. The van der Waals surface area contributed by atoms with E-state index in [1.54, 1.807) is 24.3 Å². The third kappa shape index (κ3) is 2.96. The molecule has 0 aliphatic rings. The molecule has 10 heteroatoms. The fraction of sp³-hybridized carbons (Fsp3) is 0.0526. The number of primary amides is 1. The average molecular weight is 395 g/mol. The van der Waals surface area contributed by atoms with E-state index >= 15 is 0 Å². The molecule has 9 nitrogen and oxygen atoms in total. The van der Waals surface area contributed by atoms with Crippen LogP contribution < -0.4 is 16.2 Å². The Morgan fingerprint density at radius 1 is 1.24 bits per heavy atom. The van der Waals surface area contributed by atoms with Crippen LogP contribution >= 0.6 is 0 Å². The highest BCUT2D eigenvalue weighted by Gasteiger charge is 2.21. The molecule has 0 bridgehead atoms. The van der Waals surface area contributed by atoms with Crippen LogP contribution in [0.5, 0.6) is 11.5 Å². The highest BCUT2D eigenvalue weighted by Crippen LogP contribution is 2.28. The quantitative estimate of drug-likeness (QED) is 0.481. The first-order valence-corrected chi connectivity index (χ1v) is 8.35. The number of imidazole rings is 1. The number of nitrogens with zero attached hydrogens (tertiary/aromatic N) is 3. The van der Waals surface area contributed by atoms with Gasteiger partial charge in [0.25, 0.3) is 5.91 Å². The number of carbonyl (C=O) groups is 1. The van der Waals surface area contributed by atoms with E-state index in [1.807, 2.05) is 0 Å². The average Bonchev–Trinajstić information content (AvgIpc) is 3.04. The second kappa shape index (κ2) is 6.75. The number of fused-ring (bicyclic) bond motifs is 1. The summed E-state index contributed by atoms with van der Waals surface area (Å²) in [4.78, 5) is 35.6. The molecule has 0 radical (unpaired) electrons. The number of hydrogen-bond acceptors (Lipinski definition) is 6. The third-order valence-electron chi connectivity index (χ3n) is 4.30. The fourth-order valence-electron chi connectivity index (χ4n) is 2.98. The molecule has 4 rings (SSSR count). The van der Waals surface area contributed by atoms with Crippen molar-refractivity contribution in [3.05, 3.63) is 64.5 Å². The van der Waals surface area contributed by atoms with Crippen molar-refractivity contribution in [2.75, 3.05) is 7.11 Å².